The largest absolute Gasteiger partial charge is 0.271 e. The summed E-state index contributed by atoms with van der Waals surface area (Å²) in [5, 5.41) is 0. The summed E-state index contributed by atoms with van der Waals surface area (Å²) in [5.74, 6) is 7.99. The lowest BCUT2D eigenvalue weighted by Crippen LogP contribution is -2.27. The van der Waals surface area contributed by atoms with E-state index in [-0.39, 0.29) is 6.04 Å². The summed E-state index contributed by atoms with van der Waals surface area (Å²) in [5.41, 5.74) is 5.06. The van der Waals surface area contributed by atoms with Crippen LogP contribution in [-0.4, -0.2) is 0 Å². The van der Waals surface area contributed by atoms with Crippen LogP contribution in [0.3, 0.4) is 0 Å². The smallest absolute Gasteiger partial charge is 0.0569 e. The fraction of sp³-hybridized carbons (Fsp3) is 0.273. The molecule has 1 aromatic carbocycles. The third kappa shape index (κ3) is 2.59. The van der Waals surface area contributed by atoms with E-state index in [0.29, 0.717) is 6.42 Å². The predicted molar refractivity (Wildman–Crippen MR) is 54.7 cm³/mol. The van der Waals surface area contributed by atoms with Gasteiger partial charge in [-0.05, 0) is 12.5 Å². The first-order chi connectivity index (χ1) is 6.27. The van der Waals surface area contributed by atoms with Crippen molar-refractivity contribution in [3.63, 3.8) is 0 Å². The second-order valence-corrected chi connectivity index (χ2v) is 3.04. The van der Waals surface area contributed by atoms with Gasteiger partial charge in [0.15, 0.2) is 0 Å². The Morgan fingerprint density at radius 2 is 2.38 bits per heavy atom. The van der Waals surface area contributed by atoms with Gasteiger partial charge in [-0.25, -0.2) is 0 Å². The van der Waals surface area contributed by atoms with E-state index in [1.165, 1.54) is 5.56 Å². The topological polar surface area (TPSA) is 38.0 Å². The fourth-order valence-electron chi connectivity index (χ4n) is 1.28. The molecule has 0 heterocycles. The highest BCUT2D eigenvalue weighted by atomic mass is 15.2. The molecule has 0 fully saturated rings. The zero-order chi connectivity index (χ0) is 9.68. The van der Waals surface area contributed by atoms with Crippen molar-refractivity contribution in [2.24, 2.45) is 5.84 Å². The molecule has 13 heavy (non-hydrogen) atoms. The first-order valence-corrected chi connectivity index (χ1v) is 4.24. The van der Waals surface area contributed by atoms with Gasteiger partial charge in [0.1, 0.15) is 0 Å². The zero-order valence-corrected chi connectivity index (χ0v) is 7.75. The zero-order valence-electron chi connectivity index (χ0n) is 7.75. The highest BCUT2D eigenvalue weighted by molar-refractivity contribution is 5.25. The number of benzene rings is 1. The van der Waals surface area contributed by atoms with Crippen LogP contribution < -0.4 is 11.3 Å². The molecule has 1 unspecified atom stereocenters. The normalized spacial score (nSPS) is 12.1. The van der Waals surface area contributed by atoms with Crippen LogP contribution in [0.1, 0.15) is 23.6 Å². The maximum atomic E-state index is 5.40. The summed E-state index contributed by atoms with van der Waals surface area (Å²) in [6.45, 7) is 2.05. The van der Waals surface area contributed by atoms with Gasteiger partial charge in [-0.2, -0.15) is 0 Å². The van der Waals surface area contributed by atoms with Gasteiger partial charge in [0, 0.05) is 6.42 Å². The number of nitrogens with one attached hydrogen (secondary N) is 1. The molecule has 1 rings (SSSR count). The molecule has 2 nitrogen and oxygen atoms in total. The van der Waals surface area contributed by atoms with E-state index >= 15 is 0 Å². The lowest BCUT2D eigenvalue weighted by atomic mass is 10.0. The Balaban J connectivity index is 2.86. The fourth-order valence-corrected chi connectivity index (χ4v) is 1.28. The Kier molecular flexibility index (Phi) is 3.51. The second-order valence-electron chi connectivity index (χ2n) is 3.04. The minimum absolute atomic E-state index is 0.0601. The van der Waals surface area contributed by atoms with Crippen LogP contribution in [-0.2, 0) is 0 Å². The van der Waals surface area contributed by atoms with Crippen LogP contribution in [0.5, 0.6) is 0 Å². The molecule has 0 aliphatic carbocycles. The molecule has 0 spiro atoms. The standard InChI is InChI=1S/C11H14N2/c1-3-5-11(13-12)10-7-4-6-9(2)8-10/h1,4,6-8,11,13H,5,12H2,2H3. The Morgan fingerprint density at radius 3 is 2.92 bits per heavy atom. The third-order valence-electron chi connectivity index (χ3n) is 1.97. The van der Waals surface area contributed by atoms with Gasteiger partial charge in [0.05, 0.1) is 6.04 Å². The number of hydrogen-bond acceptors (Lipinski definition) is 2. The Labute approximate surface area is 79.1 Å². The van der Waals surface area contributed by atoms with E-state index in [4.69, 9.17) is 12.3 Å². The summed E-state index contributed by atoms with van der Waals surface area (Å²) in [7, 11) is 0. The van der Waals surface area contributed by atoms with Crippen LogP contribution in [0.4, 0.5) is 0 Å². The van der Waals surface area contributed by atoms with Crippen molar-refractivity contribution in [2.45, 2.75) is 19.4 Å². The molecule has 68 valence electrons. The van der Waals surface area contributed by atoms with Crippen molar-refractivity contribution in [3.05, 3.63) is 35.4 Å². The predicted octanol–water partition coefficient (Wildman–Crippen LogP) is 1.52. The summed E-state index contributed by atoms with van der Waals surface area (Å²) in [4.78, 5) is 0. The molecule has 0 aliphatic heterocycles. The van der Waals surface area contributed by atoms with Gasteiger partial charge >= 0.3 is 0 Å². The molecule has 2 heteroatoms. The molecule has 0 bridgehead atoms. The number of terminal acetylenes is 1. The summed E-state index contributed by atoms with van der Waals surface area (Å²) in [6.07, 6.45) is 5.85. The Bertz CT molecular complexity index is 312. The summed E-state index contributed by atoms with van der Waals surface area (Å²) < 4.78 is 0. The van der Waals surface area contributed by atoms with Crippen molar-refractivity contribution in [2.75, 3.05) is 0 Å². The summed E-state index contributed by atoms with van der Waals surface area (Å²) >= 11 is 0. The van der Waals surface area contributed by atoms with Gasteiger partial charge in [-0.1, -0.05) is 29.8 Å². The average Bonchev–Trinajstić information content (AvgIpc) is 2.14. The van der Waals surface area contributed by atoms with E-state index in [9.17, 15) is 0 Å². The van der Waals surface area contributed by atoms with E-state index in [1.807, 2.05) is 25.1 Å². The molecule has 1 aromatic rings. The molecule has 0 aromatic heterocycles. The SMILES string of the molecule is C#CCC(NN)c1cccc(C)c1. The maximum absolute atomic E-state index is 5.40. The first kappa shape index (κ1) is 9.79. The summed E-state index contributed by atoms with van der Waals surface area (Å²) in [6, 6.07) is 8.22. The van der Waals surface area contributed by atoms with Crippen LogP contribution >= 0.6 is 0 Å². The van der Waals surface area contributed by atoms with Crippen molar-refractivity contribution in [1.29, 1.82) is 0 Å². The molecule has 0 saturated heterocycles. The molecule has 3 N–H and O–H groups in total. The molecule has 0 radical (unpaired) electrons. The molecular weight excluding hydrogens is 160 g/mol. The first-order valence-electron chi connectivity index (χ1n) is 4.24. The third-order valence-corrected chi connectivity index (χ3v) is 1.97. The number of hydrogen-bond donors (Lipinski definition) is 2. The van der Waals surface area contributed by atoms with Crippen LogP contribution in [0.25, 0.3) is 0 Å². The molecule has 0 aliphatic rings. The average molecular weight is 174 g/mol. The van der Waals surface area contributed by atoms with Crippen molar-refractivity contribution < 1.29 is 0 Å². The van der Waals surface area contributed by atoms with E-state index in [1.54, 1.807) is 0 Å². The van der Waals surface area contributed by atoms with Crippen molar-refractivity contribution >= 4 is 0 Å². The van der Waals surface area contributed by atoms with Gasteiger partial charge in [-0.15, -0.1) is 12.3 Å². The lowest BCUT2D eigenvalue weighted by Gasteiger charge is -2.13. The van der Waals surface area contributed by atoms with Crippen molar-refractivity contribution in [1.82, 2.24) is 5.43 Å². The van der Waals surface area contributed by atoms with E-state index < -0.39 is 0 Å². The Hall–Kier alpha value is -1.30. The van der Waals surface area contributed by atoms with Gasteiger partial charge < -0.3 is 0 Å². The van der Waals surface area contributed by atoms with E-state index in [0.717, 1.165) is 5.56 Å². The number of nitrogens with two attached hydrogens (primary N) is 1. The van der Waals surface area contributed by atoms with Gasteiger partial charge in [0.25, 0.3) is 0 Å². The van der Waals surface area contributed by atoms with Gasteiger partial charge in [0.2, 0.25) is 0 Å². The number of aryl methyl sites for hydroxylation is 1. The Morgan fingerprint density at radius 1 is 1.62 bits per heavy atom. The lowest BCUT2D eigenvalue weighted by molar-refractivity contribution is 0.568. The second kappa shape index (κ2) is 4.66. The number of hydrazine groups is 1. The molecule has 1 atom stereocenters. The minimum atomic E-state index is 0.0601. The number of rotatable bonds is 3. The van der Waals surface area contributed by atoms with Crippen molar-refractivity contribution in [3.8, 4) is 12.3 Å². The maximum Gasteiger partial charge on any atom is 0.0569 e. The quantitative estimate of drug-likeness (QED) is 0.414. The van der Waals surface area contributed by atoms with Crippen LogP contribution in [0.2, 0.25) is 0 Å². The van der Waals surface area contributed by atoms with Crippen LogP contribution in [0, 0.1) is 19.3 Å². The molecule has 0 amide bonds. The van der Waals surface area contributed by atoms with Crippen LogP contribution in [0.15, 0.2) is 24.3 Å². The van der Waals surface area contributed by atoms with E-state index in [2.05, 4.69) is 17.4 Å². The molecule has 0 saturated carbocycles. The highest BCUT2D eigenvalue weighted by Gasteiger charge is 2.06. The minimum Gasteiger partial charge on any atom is -0.271 e. The van der Waals surface area contributed by atoms with Gasteiger partial charge in [-0.3, -0.25) is 11.3 Å². The molecular formula is C11H14N2. The highest BCUT2D eigenvalue weighted by Crippen LogP contribution is 2.16. The monoisotopic (exact) mass is 174 g/mol.